The molecule has 0 aliphatic carbocycles. The van der Waals surface area contributed by atoms with Gasteiger partial charge in [0.05, 0.1) is 0 Å². The average Bonchev–Trinajstić information content (AvgIpc) is 2.12. The molecule has 1 heteroatoms. The summed E-state index contributed by atoms with van der Waals surface area (Å²) in [7, 11) is 2.06. The zero-order valence-corrected chi connectivity index (χ0v) is 10.1. The summed E-state index contributed by atoms with van der Waals surface area (Å²) in [6, 6.07) is 0. The van der Waals surface area contributed by atoms with Gasteiger partial charge in [-0.1, -0.05) is 39.5 Å². The van der Waals surface area contributed by atoms with Crippen LogP contribution in [0, 0.1) is 5.92 Å². The van der Waals surface area contributed by atoms with Gasteiger partial charge in [-0.05, 0) is 33.2 Å². The maximum absolute atomic E-state index is 3.38. The van der Waals surface area contributed by atoms with Crippen molar-refractivity contribution in [3.63, 3.8) is 0 Å². The Kier molecular flexibility index (Phi) is 6.40. The van der Waals surface area contributed by atoms with Gasteiger partial charge in [0, 0.05) is 5.54 Å². The Hall–Kier alpha value is -0.0400. The standard InChI is InChI=1S/C12H27N/c1-6-8-9-11(7-2)10-12(3,4)13-5/h11,13H,6-10H2,1-5H3. The highest BCUT2D eigenvalue weighted by molar-refractivity contribution is 4.78. The van der Waals surface area contributed by atoms with E-state index in [4.69, 9.17) is 0 Å². The predicted molar refractivity (Wildman–Crippen MR) is 61.1 cm³/mol. The first-order chi connectivity index (χ1) is 6.05. The van der Waals surface area contributed by atoms with Crippen LogP contribution in [0.2, 0.25) is 0 Å². The van der Waals surface area contributed by atoms with Crippen molar-refractivity contribution in [2.45, 2.75) is 65.3 Å². The van der Waals surface area contributed by atoms with E-state index in [2.05, 4.69) is 40.1 Å². The Morgan fingerprint density at radius 2 is 1.85 bits per heavy atom. The third-order valence-corrected chi connectivity index (χ3v) is 3.02. The van der Waals surface area contributed by atoms with E-state index >= 15 is 0 Å². The number of unbranched alkanes of at least 4 members (excludes halogenated alkanes) is 1. The summed E-state index contributed by atoms with van der Waals surface area (Å²) < 4.78 is 0. The monoisotopic (exact) mass is 185 g/mol. The van der Waals surface area contributed by atoms with Crippen molar-refractivity contribution >= 4 is 0 Å². The fraction of sp³-hybridized carbons (Fsp3) is 1.00. The van der Waals surface area contributed by atoms with Crippen molar-refractivity contribution in [1.82, 2.24) is 5.32 Å². The van der Waals surface area contributed by atoms with E-state index in [0.29, 0.717) is 5.54 Å². The number of hydrogen-bond acceptors (Lipinski definition) is 1. The summed E-state index contributed by atoms with van der Waals surface area (Å²) in [6.45, 7) is 9.17. The quantitative estimate of drug-likeness (QED) is 0.639. The van der Waals surface area contributed by atoms with Gasteiger partial charge in [0.2, 0.25) is 0 Å². The first kappa shape index (κ1) is 13.0. The van der Waals surface area contributed by atoms with E-state index in [1.165, 1.54) is 32.1 Å². The zero-order valence-electron chi connectivity index (χ0n) is 10.1. The first-order valence-electron chi connectivity index (χ1n) is 5.74. The van der Waals surface area contributed by atoms with Crippen LogP contribution in [0.4, 0.5) is 0 Å². The summed E-state index contributed by atoms with van der Waals surface area (Å²) in [5, 5.41) is 3.38. The molecule has 0 aliphatic heterocycles. The summed E-state index contributed by atoms with van der Waals surface area (Å²) in [5.74, 6) is 0.905. The lowest BCUT2D eigenvalue weighted by molar-refractivity contribution is 0.291. The molecule has 0 aliphatic rings. The van der Waals surface area contributed by atoms with Crippen molar-refractivity contribution in [2.24, 2.45) is 5.92 Å². The SMILES string of the molecule is CCCCC(CC)CC(C)(C)NC. The van der Waals surface area contributed by atoms with E-state index in [9.17, 15) is 0 Å². The molecule has 0 aromatic heterocycles. The maximum Gasteiger partial charge on any atom is 0.0124 e. The molecule has 1 N–H and O–H groups in total. The Morgan fingerprint density at radius 1 is 1.23 bits per heavy atom. The van der Waals surface area contributed by atoms with Crippen molar-refractivity contribution in [1.29, 1.82) is 0 Å². The summed E-state index contributed by atoms with van der Waals surface area (Å²) in [6.07, 6.45) is 6.75. The third kappa shape index (κ3) is 6.09. The van der Waals surface area contributed by atoms with Crippen LogP contribution in [0.1, 0.15) is 59.8 Å². The molecular formula is C12H27N. The van der Waals surface area contributed by atoms with Crippen LogP contribution in [-0.4, -0.2) is 12.6 Å². The van der Waals surface area contributed by atoms with Gasteiger partial charge in [-0.15, -0.1) is 0 Å². The van der Waals surface area contributed by atoms with E-state index in [1.807, 2.05) is 0 Å². The van der Waals surface area contributed by atoms with Gasteiger partial charge in [0.15, 0.2) is 0 Å². The fourth-order valence-corrected chi connectivity index (χ4v) is 1.77. The average molecular weight is 185 g/mol. The highest BCUT2D eigenvalue weighted by Crippen LogP contribution is 2.23. The molecule has 80 valence electrons. The maximum atomic E-state index is 3.38. The van der Waals surface area contributed by atoms with Gasteiger partial charge in [-0.3, -0.25) is 0 Å². The van der Waals surface area contributed by atoms with Gasteiger partial charge < -0.3 is 5.32 Å². The molecule has 1 nitrogen and oxygen atoms in total. The number of nitrogens with one attached hydrogen (secondary N) is 1. The zero-order chi connectivity index (χ0) is 10.3. The molecule has 0 aromatic rings. The van der Waals surface area contributed by atoms with Crippen LogP contribution >= 0.6 is 0 Å². The van der Waals surface area contributed by atoms with Crippen LogP contribution in [0.15, 0.2) is 0 Å². The molecule has 13 heavy (non-hydrogen) atoms. The Labute approximate surface area is 84.3 Å². The van der Waals surface area contributed by atoms with Crippen molar-refractivity contribution in [3.8, 4) is 0 Å². The normalized spacial score (nSPS) is 14.5. The molecule has 0 heterocycles. The molecular weight excluding hydrogens is 158 g/mol. The Balaban J connectivity index is 3.82. The van der Waals surface area contributed by atoms with Gasteiger partial charge in [0.25, 0.3) is 0 Å². The smallest absolute Gasteiger partial charge is 0.0124 e. The molecule has 0 saturated carbocycles. The minimum atomic E-state index is 0.314. The molecule has 0 bridgehead atoms. The van der Waals surface area contributed by atoms with Crippen LogP contribution in [-0.2, 0) is 0 Å². The second-order valence-corrected chi connectivity index (χ2v) is 4.75. The van der Waals surface area contributed by atoms with Crippen molar-refractivity contribution in [3.05, 3.63) is 0 Å². The van der Waals surface area contributed by atoms with Gasteiger partial charge in [-0.2, -0.15) is 0 Å². The summed E-state index contributed by atoms with van der Waals surface area (Å²) in [5.41, 5.74) is 0.314. The van der Waals surface area contributed by atoms with Crippen molar-refractivity contribution < 1.29 is 0 Å². The summed E-state index contributed by atoms with van der Waals surface area (Å²) >= 11 is 0. The molecule has 0 fully saturated rings. The Morgan fingerprint density at radius 3 is 2.23 bits per heavy atom. The minimum absolute atomic E-state index is 0.314. The minimum Gasteiger partial charge on any atom is -0.315 e. The Bertz CT molecular complexity index is 118. The second kappa shape index (κ2) is 6.42. The second-order valence-electron chi connectivity index (χ2n) is 4.75. The molecule has 0 saturated heterocycles. The predicted octanol–water partition coefficient (Wildman–Crippen LogP) is 3.59. The van der Waals surface area contributed by atoms with Crippen molar-refractivity contribution in [2.75, 3.05) is 7.05 Å². The number of hydrogen-bond donors (Lipinski definition) is 1. The lowest BCUT2D eigenvalue weighted by atomic mass is 9.86. The summed E-state index contributed by atoms with van der Waals surface area (Å²) in [4.78, 5) is 0. The van der Waals surface area contributed by atoms with Gasteiger partial charge in [-0.25, -0.2) is 0 Å². The molecule has 0 amide bonds. The fourth-order valence-electron chi connectivity index (χ4n) is 1.77. The van der Waals surface area contributed by atoms with Crippen LogP contribution in [0.3, 0.4) is 0 Å². The van der Waals surface area contributed by atoms with E-state index < -0.39 is 0 Å². The largest absolute Gasteiger partial charge is 0.315 e. The van der Waals surface area contributed by atoms with E-state index in [0.717, 1.165) is 5.92 Å². The molecule has 0 aromatic carbocycles. The number of rotatable bonds is 7. The van der Waals surface area contributed by atoms with Crippen LogP contribution < -0.4 is 5.32 Å². The van der Waals surface area contributed by atoms with Crippen LogP contribution in [0.5, 0.6) is 0 Å². The first-order valence-corrected chi connectivity index (χ1v) is 5.74. The highest BCUT2D eigenvalue weighted by Gasteiger charge is 2.19. The molecule has 0 spiro atoms. The van der Waals surface area contributed by atoms with Crippen LogP contribution in [0.25, 0.3) is 0 Å². The van der Waals surface area contributed by atoms with Gasteiger partial charge in [0.1, 0.15) is 0 Å². The molecule has 1 atom stereocenters. The van der Waals surface area contributed by atoms with E-state index in [1.54, 1.807) is 0 Å². The topological polar surface area (TPSA) is 12.0 Å². The van der Waals surface area contributed by atoms with E-state index in [-0.39, 0.29) is 0 Å². The highest BCUT2D eigenvalue weighted by atomic mass is 14.9. The molecule has 0 rings (SSSR count). The third-order valence-electron chi connectivity index (χ3n) is 3.02. The molecule has 1 unspecified atom stereocenters. The lowest BCUT2D eigenvalue weighted by Crippen LogP contribution is -2.38. The molecule has 0 radical (unpaired) electrons. The lowest BCUT2D eigenvalue weighted by Gasteiger charge is -2.29. The van der Waals surface area contributed by atoms with Gasteiger partial charge >= 0.3 is 0 Å².